The number of hydrogen-bond acceptors (Lipinski definition) is 1. The smallest absolute Gasteiger partial charge is 0.170 e. The summed E-state index contributed by atoms with van der Waals surface area (Å²) in [5.41, 5.74) is 0.775. The fourth-order valence-electron chi connectivity index (χ4n) is 0.789. The van der Waals surface area contributed by atoms with Crippen molar-refractivity contribution in [1.29, 1.82) is 0 Å². The average molecular weight is 116 g/mol. The van der Waals surface area contributed by atoms with Crippen molar-refractivity contribution in [3.05, 3.63) is 36.6 Å². The Morgan fingerprint density at radius 3 is 3.33 bits per heavy atom. The summed E-state index contributed by atoms with van der Waals surface area (Å²) < 4.78 is 4.94. The molecule has 42 valence electrons. The fraction of sp³-hybridized carbons (Fsp3) is 0. The van der Waals surface area contributed by atoms with Gasteiger partial charge in [-0.15, -0.1) is 0 Å². The first-order valence-electron chi connectivity index (χ1n) is 2.73. The first-order valence-corrected chi connectivity index (χ1v) is 2.73. The number of rotatable bonds is 0. The summed E-state index contributed by atoms with van der Waals surface area (Å²) in [7, 11) is 0. The zero-order valence-corrected chi connectivity index (χ0v) is 4.72. The Kier molecular flexibility index (Phi) is 0.833. The maximum absolute atomic E-state index is 4.94. The molecule has 0 aliphatic rings. The van der Waals surface area contributed by atoms with Crippen LogP contribution in [-0.4, -0.2) is 0 Å². The van der Waals surface area contributed by atoms with Gasteiger partial charge in [-0.05, 0) is 6.07 Å². The van der Waals surface area contributed by atoms with E-state index in [1.807, 2.05) is 18.2 Å². The molecule has 0 fully saturated rings. The zero-order chi connectivity index (χ0) is 6.10. The number of para-hydroxylation sites is 1. The minimum Gasteiger partial charge on any atom is -0.452 e. The maximum atomic E-state index is 4.94. The normalized spacial score (nSPS) is 10.2. The van der Waals surface area contributed by atoms with Gasteiger partial charge in [-0.2, -0.15) is 0 Å². The quantitative estimate of drug-likeness (QED) is 0.513. The summed E-state index contributed by atoms with van der Waals surface area (Å²) in [4.78, 5) is 0. The van der Waals surface area contributed by atoms with Gasteiger partial charge in [0.25, 0.3) is 0 Å². The van der Waals surface area contributed by atoms with Gasteiger partial charge in [0, 0.05) is 11.5 Å². The topological polar surface area (TPSA) is 13.1 Å². The number of furan rings is 1. The average Bonchev–Trinajstić information content (AvgIpc) is 2.33. The van der Waals surface area contributed by atoms with Crippen LogP contribution in [0.3, 0.4) is 0 Å². The molecule has 0 aliphatic carbocycles. The summed E-state index contributed by atoms with van der Waals surface area (Å²) >= 11 is 0. The molecule has 0 bridgehead atoms. The summed E-state index contributed by atoms with van der Waals surface area (Å²) in [6.07, 6.45) is 2.63. The van der Waals surface area contributed by atoms with Gasteiger partial charge in [0.05, 0.1) is 0 Å². The third-order valence-corrected chi connectivity index (χ3v) is 1.22. The van der Waals surface area contributed by atoms with Crippen molar-refractivity contribution in [3.63, 3.8) is 0 Å². The van der Waals surface area contributed by atoms with Gasteiger partial charge in [-0.25, -0.2) is 0 Å². The molecule has 0 unspecified atom stereocenters. The standard InChI is InChI=1S/C8H4O/c1-2-4-8-7(3-1)5-6-9-8/h1-3,5H. The number of hydrogen-bond donors (Lipinski definition) is 0. The lowest BCUT2D eigenvalue weighted by Gasteiger charge is -1.80. The Hall–Kier alpha value is -1.24. The molecule has 0 N–H and O–H groups in total. The second kappa shape index (κ2) is 1.62. The first kappa shape index (κ1) is 4.62. The Balaban J connectivity index is 2.95. The lowest BCUT2D eigenvalue weighted by atomic mass is 10.3. The summed E-state index contributed by atoms with van der Waals surface area (Å²) in [6.45, 7) is 0. The zero-order valence-electron chi connectivity index (χ0n) is 4.72. The van der Waals surface area contributed by atoms with Crippen molar-refractivity contribution in [3.8, 4) is 0 Å². The first-order chi connectivity index (χ1) is 4.47. The maximum Gasteiger partial charge on any atom is 0.170 e. The highest BCUT2D eigenvalue weighted by molar-refractivity contribution is 5.75. The molecule has 0 saturated carbocycles. The van der Waals surface area contributed by atoms with Crippen molar-refractivity contribution in [1.82, 2.24) is 0 Å². The van der Waals surface area contributed by atoms with E-state index in [9.17, 15) is 0 Å². The van der Waals surface area contributed by atoms with Crippen molar-refractivity contribution >= 4 is 11.0 Å². The van der Waals surface area contributed by atoms with Crippen LogP contribution in [0.1, 0.15) is 0 Å². The van der Waals surface area contributed by atoms with Crippen molar-refractivity contribution < 1.29 is 4.42 Å². The molecule has 1 aromatic carbocycles. The molecule has 0 aliphatic heterocycles. The van der Waals surface area contributed by atoms with Gasteiger partial charge < -0.3 is 4.42 Å². The van der Waals surface area contributed by atoms with E-state index in [0.29, 0.717) is 0 Å². The molecule has 1 heteroatoms. The SMILES string of the molecule is [c]1cc2ccc[c]c2o1. The molecular formula is C8H4O. The van der Waals surface area contributed by atoms with E-state index in [0.717, 1.165) is 11.0 Å². The van der Waals surface area contributed by atoms with Crippen molar-refractivity contribution in [2.75, 3.05) is 0 Å². The van der Waals surface area contributed by atoms with Crippen LogP contribution in [0.4, 0.5) is 0 Å². The van der Waals surface area contributed by atoms with Crippen LogP contribution in [0, 0.1) is 12.3 Å². The van der Waals surface area contributed by atoms with Crippen molar-refractivity contribution in [2.45, 2.75) is 0 Å². The Morgan fingerprint density at radius 1 is 1.44 bits per heavy atom. The number of fused-ring (bicyclic) bond motifs is 1. The van der Waals surface area contributed by atoms with Crippen LogP contribution in [0.2, 0.25) is 0 Å². The van der Waals surface area contributed by atoms with E-state index in [1.165, 1.54) is 0 Å². The lowest BCUT2D eigenvalue weighted by Crippen LogP contribution is -1.58. The molecule has 0 saturated heterocycles. The number of benzene rings is 1. The van der Waals surface area contributed by atoms with Gasteiger partial charge in [0.15, 0.2) is 6.26 Å². The van der Waals surface area contributed by atoms with Gasteiger partial charge in [-0.3, -0.25) is 0 Å². The van der Waals surface area contributed by atoms with E-state index in [1.54, 1.807) is 6.07 Å². The van der Waals surface area contributed by atoms with Crippen molar-refractivity contribution in [2.24, 2.45) is 0 Å². The molecule has 0 spiro atoms. The van der Waals surface area contributed by atoms with Crippen LogP contribution < -0.4 is 0 Å². The van der Waals surface area contributed by atoms with Gasteiger partial charge in [0.1, 0.15) is 5.58 Å². The molecule has 1 nitrogen and oxygen atoms in total. The monoisotopic (exact) mass is 116 g/mol. The predicted octanol–water partition coefficient (Wildman–Crippen LogP) is 2.03. The van der Waals surface area contributed by atoms with Gasteiger partial charge >= 0.3 is 0 Å². The Labute approximate surface area is 52.9 Å². The van der Waals surface area contributed by atoms with E-state index >= 15 is 0 Å². The second-order valence-corrected chi connectivity index (χ2v) is 1.82. The van der Waals surface area contributed by atoms with Gasteiger partial charge in [-0.1, -0.05) is 18.2 Å². The highest BCUT2D eigenvalue weighted by atomic mass is 16.3. The Bertz CT molecular complexity index is 279. The molecule has 1 heterocycles. The largest absolute Gasteiger partial charge is 0.452 e. The molecule has 2 aromatic rings. The predicted molar refractivity (Wildman–Crippen MR) is 33.9 cm³/mol. The molecule has 0 atom stereocenters. The Morgan fingerprint density at radius 2 is 2.44 bits per heavy atom. The van der Waals surface area contributed by atoms with E-state index in [-0.39, 0.29) is 0 Å². The summed E-state index contributed by atoms with van der Waals surface area (Å²) in [6, 6.07) is 10.4. The van der Waals surface area contributed by atoms with Crippen LogP contribution in [0.15, 0.2) is 28.7 Å². The fourth-order valence-corrected chi connectivity index (χ4v) is 0.789. The van der Waals surface area contributed by atoms with E-state index in [2.05, 4.69) is 12.3 Å². The third kappa shape index (κ3) is 0.617. The third-order valence-electron chi connectivity index (χ3n) is 1.22. The van der Waals surface area contributed by atoms with Crippen LogP contribution in [0.25, 0.3) is 11.0 Å². The molecule has 2 radical (unpaired) electrons. The molecule has 1 aromatic heterocycles. The molecular weight excluding hydrogens is 112 g/mol. The molecule has 9 heavy (non-hydrogen) atoms. The van der Waals surface area contributed by atoms with E-state index < -0.39 is 0 Å². The molecule has 0 amide bonds. The van der Waals surface area contributed by atoms with Crippen LogP contribution in [-0.2, 0) is 0 Å². The molecule has 2 rings (SSSR count). The highest BCUT2D eigenvalue weighted by Crippen LogP contribution is 2.11. The van der Waals surface area contributed by atoms with Crippen LogP contribution >= 0.6 is 0 Å². The van der Waals surface area contributed by atoms with E-state index in [4.69, 9.17) is 4.42 Å². The van der Waals surface area contributed by atoms with Crippen LogP contribution in [0.5, 0.6) is 0 Å². The second-order valence-electron chi connectivity index (χ2n) is 1.82. The van der Waals surface area contributed by atoms with Gasteiger partial charge in [0.2, 0.25) is 0 Å². The lowest BCUT2D eigenvalue weighted by molar-refractivity contribution is 0.605. The summed E-state index contributed by atoms with van der Waals surface area (Å²) in [5.74, 6) is 0. The highest BCUT2D eigenvalue weighted by Gasteiger charge is 1.91. The minimum atomic E-state index is 0.775. The summed E-state index contributed by atoms with van der Waals surface area (Å²) in [5, 5.41) is 1.05. The minimum absolute atomic E-state index is 0.775.